The zero-order valence-corrected chi connectivity index (χ0v) is 17.5. The number of pyridine rings is 2. The molecule has 5 rings (SSSR count). The minimum atomic E-state index is -0.304. The molecule has 32 heavy (non-hydrogen) atoms. The summed E-state index contributed by atoms with van der Waals surface area (Å²) in [6, 6.07) is 13.9. The van der Waals surface area contributed by atoms with Crippen LogP contribution < -0.4 is 21.3 Å². The van der Waals surface area contributed by atoms with E-state index in [4.69, 9.17) is 15.5 Å². The molecular formula is C24H23N6O2. The number of nitrogens with two attached hydrogens (primary N) is 1. The van der Waals surface area contributed by atoms with E-state index in [1.54, 1.807) is 12.3 Å². The third kappa shape index (κ3) is 4.13. The summed E-state index contributed by atoms with van der Waals surface area (Å²) in [5.41, 5.74) is 10.8. The molecule has 3 aromatic rings. The first kappa shape index (κ1) is 20.0. The van der Waals surface area contributed by atoms with Gasteiger partial charge in [-0.15, -0.1) is 0 Å². The third-order valence-corrected chi connectivity index (χ3v) is 5.56. The summed E-state index contributed by atoms with van der Waals surface area (Å²) in [7, 11) is 0. The molecule has 1 radical (unpaired) electrons. The van der Waals surface area contributed by atoms with E-state index >= 15 is 0 Å². The molecule has 0 saturated carbocycles. The molecule has 0 aliphatic carbocycles. The van der Waals surface area contributed by atoms with Crippen molar-refractivity contribution in [1.82, 2.24) is 15.3 Å². The van der Waals surface area contributed by atoms with Gasteiger partial charge in [0.1, 0.15) is 11.6 Å². The van der Waals surface area contributed by atoms with Crippen molar-refractivity contribution in [2.24, 2.45) is 0 Å². The molecule has 3 N–H and O–H groups in total. The fourth-order valence-corrected chi connectivity index (χ4v) is 3.84. The van der Waals surface area contributed by atoms with Crippen LogP contribution >= 0.6 is 0 Å². The van der Waals surface area contributed by atoms with Crippen molar-refractivity contribution in [1.29, 1.82) is 0 Å². The minimum Gasteiger partial charge on any atom is -0.384 e. The Labute approximate surface area is 186 Å². The zero-order valence-electron chi connectivity index (χ0n) is 17.5. The Morgan fingerprint density at radius 1 is 1.09 bits per heavy atom. The number of anilines is 3. The van der Waals surface area contributed by atoms with Gasteiger partial charge in [-0.2, -0.15) is 0 Å². The summed E-state index contributed by atoms with van der Waals surface area (Å²) in [5, 5.41) is 7.26. The van der Waals surface area contributed by atoms with E-state index in [-0.39, 0.29) is 5.91 Å². The number of morpholine rings is 1. The third-order valence-electron chi connectivity index (χ3n) is 5.56. The highest BCUT2D eigenvalue weighted by Crippen LogP contribution is 2.29. The van der Waals surface area contributed by atoms with Crippen molar-refractivity contribution in [2.75, 3.05) is 42.3 Å². The second-order valence-electron chi connectivity index (χ2n) is 7.66. The molecule has 1 saturated heterocycles. The van der Waals surface area contributed by atoms with Gasteiger partial charge in [-0.05, 0) is 47.5 Å². The van der Waals surface area contributed by atoms with Crippen LogP contribution in [0.15, 0.2) is 54.9 Å². The Balaban J connectivity index is 1.40. The van der Waals surface area contributed by atoms with Gasteiger partial charge in [0.2, 0.25) is 0 Å². The van der Waals surface area contributed by atoms with E-state index in [2.05, 4.69) is 44.8 Å². The lowest BCUT2D eigenvalue weighted by molar-refractivity contribution is 0.0965. The van der Waals surface area contributed by atoms with E-state index < -0.39 is 0 Å². The minimum absolute atomic E-state index is 0.304. The number of carbonyl (C=O) groups is 1. The Morgan fingerprint density at radius 2 is 1.91 bits per heavy atom. The van der Waals surface area contributed by atoms with E-state index in [0.29, 0.717) is 29.4 Å². The maximum atomic E-state index is 12.5. The second-order valence-corrected chi connectivity index (χ2v) is 7.66. The monoisotopic (exact) mass is 427 g/mol. The molecule has 0 unspecified atom stereocenters. The van der Waals surface area contributed by atoms with E-state index in [0.717, 1.165) is 43.0 Å². The Bertz CT molecular complexity index is 1150. The van der Waals surface area contributed by atoms with Crippen LogP contribution in [0, 0.1) is 0 Å². The van der Waals surface area contributed by atoms with Gasteiger partial charge in [-0.1, -0.05) is 12.1 Å². The molecule has 2 aliphatic rings. The maximum Gasteiger partial charge on any atom is 0.281 e. The summed E-state index contributed by atoms with van der Waals surface area (Å²) >= 11 is 0. The van der Waals surface area contributed by atoms with Gasteiger partial charge in [0.25, 0.3) is 5.91 Å². The van der Waals surface area contributed by atoms with Crippen LogP contribution in [0.25, 0.3) is 17.3 Å². The van der Waals surface area contributed by atoms with Gasteiger partial charge < -0.3 is 20.7 Å². The Hall–Kier alpha value is -3.91. The summed E-state index contributed by atoms with van der Waals surface area (Å²) in [6.45, 7) is 3.85. The molecule has 4 heterocycles. The number of benzene rings is 1. The van der Waals surface area contributed by atoms with Crippen LogP contribution in [-0.4, -0.2) is 42.2 Å². The number of amides is 1. The van der Waals surface area contributed by atoms with Crippen molar-refractivity contribution >= 4 is 29.3 Å². The average molecular weight is 427 g/mol. The Morgan fingerprint density at radius 3 is 2.66 bits per heavy atom. The van der Waals surface area contributed by atoms with Crippen molar-refractivity contribution < 1.29 is 9.53 Å². The maximum absolute atomic E-state index is 12.5. The van der Waals surface area contributed by atoms with Crippen LogP contribution in [0.4, 0.5) is 17.3 Å². The Kier molecular flexibility index (Phi) is 5.43. The molecular weight excluding hydrogens is 404 g/mol. The number of nitrogens with one attached hydrogen (secondary N) is 1. The quantitative estimate of drug-likeness (QED) is 0.645. The second kappa shape index (κ2) is 8.68. The van der Waals surface area contributed by atoms with Crippen LogP contribution in [0.5, 0.6) is 0 Å². The molecule has 8 nitrogen and oxygen atoms in total. The highest BCUT2D eigenvalue weighted by Gasteiger charge is 2.22. The molecule has 8 heteroatoms. The number of ether oxygens (including phenoxy) is 1. The summed E-state index contributed by atoms with van der Waals surface area (Å²) in [4.78, 5) is 23.7. The topological polar surface area (TPSA) is 107 Å². The molecule has 1 fully saturated rings. The fraction of sp³-hybridized carbons (Fsp3) is 0.208. The molecule has 2 aromatic heterocycles. The lowest BCUT2D eigenvalue weighted by atomic mass is 10.0. The lowest BCUT2D eigenvalue weighted by Gasteiger charge is -2.29. The van der Waals surface area contributed by atoms with Crippen molar-refractivity contribution in [3.63, 3.8) is 0 Å². The number of rotatable bonds is 5. The zero-order chi connectivity index (χ0) is 21.9. The van der Waals surface area contributed by atoms with Crippen molar-refractivity contribution in [3.05, 3.63) is 71.6 Å². The van der Waals surface area contributed by atoms with Gasteiger partial charge in [-0.25, -0.2) is 15.3 Å². The first-order valence-electron chi connectivity index (χ1n) is 10.5. The summed E-state index contributed by atoms with van der Waals surface area (Å²) in [6.07, 6.45) is 5.01. The molecule has 0 atom stereocenters. The molecule has 1 amide bonds. The number of nitrogens with zero attached hydrogens (tertiary/aromatic N) is 4. The number of hydrogen-bond donors (Lipinski definition) is 2. The molecule has 161 valence electrons. The summed E-state index contributed by atoms with van der Waals surface area (Å²) < 4.78 is 5.43. The predicted octanol–water partition coefficient (Wildman–Crippen LogP) is 2.90. The van der Waals surface area contributed by atoms with Gasteiger partial charge in [0, 0.05) is 43.3 Å². The van der Waals surface area contributed by atoms with Crippen molar-refractivity contribution in [2.45, 2.75) is 6.54 Å². The summed E-state index contributed by atoms with van der Waals surface area (Å²) in [5.74, 6) is 0.645. The average Bonchev–Trinajstić information content (AvgIpc) is 2.84. The van der Waals surface area contributed by atoms with Gasteiger partial charge in [0.15, 0.2) is 0 Å². The van der Waals surface area contributed by atoms with E-state index in [9.17, 15) is 4.79 Å². The predicted molar refractivity (Wildman–Crippen MR) is 124 cm³/mol. The van der Waals surface area contributed by atoms with Crippen LogP contribution in [0.1, 0.15) is 21.5 Å². The molecule has 2 aliphatic heterocycles. The number of fused-ring (bicyclic) bond motifs is 1. The molecule has 0 bridgehead atoms. The van der Waals surface area contributed by atoms with Crippen LogP contribution in [-0.2, 0) is 11.3 Å². The fourth-order valence-electron chi connectivity index (χ4n) is 3.84. The first-order chi connectivity index (χ1) is 15.7. The van der Waals surface area contributed by atoms with Crippen LogP contribution in [0.2, 0.25) is 0 Å². The SMILES string of the molecule is Nc1ccc(-c2cc3c(c(NCc4ccc(N5CCOCC5)cc4)n2)C(=O)[N]C=C3)cn1. The number of nitrogen functional groups attached to an aromatic ring is 1. The van der Waals surface area contributed by atoms with E-state index in [1.807, 2.05) is 18.2 Å². The molecule has 1 aromatic carbocycles. The first-order valence-corrected chi connectivity index (χ1v) is 10.5. The largest absolute Gasteiger partial charge is 0.384 e. The van der Waals surface area contributed by atoms with Crippen molar-refractivity contribution in [3.8, 4) is 11.3 Å². The molecule has 0 spiro atoms. The normalized spacial score (nSPS) is 15.2. The van der Waals surface area contributed by atoms with Gasteiger partial charge in [0.05, 0.1) is 24.5 Å². The number of hydrogen-bond acceptors (Lipinski definition) is 7. The van der Waals surface area contributed by atoms with Crippen LogP contribution in [0.3, 0.4) is 0 Å². The highest BCUT2D eigenvalue weighted by atomic mass is 16.5. The lowest BCUT2D eigenvalue weighted by Crippen LogP contribution is -2.36. The van der Waals surface area contributed by atoms with Gasteiger partial charge >= 0.3 is 0 Å². The number of carbonyl (C=O) groups excluding carboxylic acids is 1. The van der Waals surface area contributed by atoms with Gasteiger partial charge in [-0.3, -0.25) is 4.79 Å². The van der Waals surface area contributed by atoms with E-state index in [1.165, 1.54) is 11.9 Å². The smallest absolute Gasteiger partial charge is 0.281 e. The number of aromatic nitrogens is 2. The standard InChI is InChI=1S/C24H23N6O2/c25-21-6-3-18(15-27-21)20-13-17-7-8-26-24(31)22(17)23(29-20)28-14-16-1-4-19(5-2-16)30-9-11-32-12-10-30/h1-8,13,15H,9-12,14H2,(H2,25,27)(H,28,29). The highest BCUT2D eigenvalue weighted by molar-refractivity contribution is 6.05.